The second kappa shape index (κ2) is 8.71. The predicted molar refractivity (Wildman–Crippen MR) is 111 cm³/mol. The van der Waals surface area contributed by atoms with Crippen LogP contribution in [0.25, 0.3) is 0 Å². The number of hydrogen-bond acceptors (Lipinski definition) is 4. The van der Waals surface area contributed by atoms with Gasteiger partial charge in [-0.1, -0.05) is 12.1 Å². The Morgan fingerprint density at radius 3 is 2.50 bits per heavy atom. The van der Waals surface area contributed by atoms with Crippen LogP contribution in [-0.2, 0) is 20.1 Å². The summed E-state index contributed by atoms with van der Waals surface area (Å²) in [5, 5.41) is 10.8. The average Bonchev–Trinajstić information content (AvgIpc) is 2.94. The fraction of sp³-hybridized carbons (Fsp3) is 0.273. The molecule has 0 aliphatic rings. The van der Waals surface area contributed by atoms with Crippen LogP contribution in [0.5, 0.6) is 5.75 Å². The van der Waals surface area contributed by atoms with Crippen LogP contribution in [0, 0.1) is 13.8 Å². The molecule has 28 heavy (non-hydrogen) atoms. The fourth-order valence-electron chi connectivity index (χ4n) is 3.11. The van der Waals surface area contributed by atoms with Gasteiger partial charge in [-0.3, -0.25) is 9.48 Å². The third kappa shape index (κ3) is 4.58. The first-order valence-electron chi connectivity index (χ1n) is 9.22. The number of nitrogens with one attached hydrogen (secondary N) is 2. The summed E-state index contributed by atoms with van der Waals surface area (Å²) in [5.41, 5.74) is 5.91. The molecule has 2 N–H and O–H groups in total. The summed E-state index contributed by atoms with van der Waals surface area (Å²) in [7, 11) is 3.56. The minimum atomic E-state index is -0.144. The Morgan fingerprint density at radius 1 is 1.11 bits per heavy atom. The molecule has 6 nitrogen and oxygen atoms in total. The molecule has 0 atom stereocenters. The Hall–Kier alpha value is -3.12. The average molecular weight is 378 g/mol. The number of benzene rings is 2. The van der Waals surface area contributed by atoms with Crippen molar-refractivity contribution in [2.75, 3.05) is 12.4 Å². The Labute approximate surface area is 165 Å². The van der Waals surface area contributed by atoms with Crippen LogP contribution >= 0.6 is 0 Å². The molecular formula is C22H26N4O2. The van der Waals surface area contributed by atoms with Crippen LogP contribution in [0.1, 0.15) is 32.9 Å². The molecule has 146 valence electrons. The van der Waals surface area contributed by atoms with Crippen molar-refractivity contribution in [2.24, 2.45) is 7.05 Å². The highest BCUT2D eigenvalue weighted by atomic mass is 16.5. The third-order valence-corrected chi connectivity index (χ3v) is 4.83. The summed E-state index contributed by atoms with van der Waals surface area (Å²) in [6.45, 7) is 5.57. The van der Waals surface area contributed by atoms with Gasteiger partial charge in [-0.15, -0.1) is 0 Å². The molecule has 0 fully saturated rings. The highest BCUT2D eigenvalue weighted by Gasteiger charge is 2.09. The van der Waals surface area contributed by atoms with Gasteiger partial charge >= 0.3 is 0 Å². The topological polar surface area (TPSA) is 68.2 Å². The van der Waals surface area contributed by atoms with Crippen molar-refractivity contribution >= 4 is 11.6 Å². The van der Waals surface area contributed by atoms with E-state index in [0.717, 1.165) is 29.2 Å². The minimum absolute atomic E-state index is 0.144. The maximum atomic E-state index is 12.4. The number of amides is 1. The van der Waals surface area contributed by atoms with E-state index in [1.54, 1.807) is 31.4 Å². The van der Waals surface area contributed by atoms with Crippen LogP contribution in [0.4, 0.5) is 5.69 Å². The quantitative estimate of drug-likeness (QED) is 0.659. The van der Waals surface area contributed by atoms with E-state index in [1.807, 2.05) is 42.9 Å². The first-order valence-corrected chi connectivity index (χ1v) is 9.22. The molecule has 0 aliphatic carbocycles. The van der Waals surface area contributed by atoms with Crippen molar-refractivity contribution in [3.05, 3.63) is 76.6 Å². The second-order valence-corrected chi connectivity index (χ2v) is 6.76. The van der Waals surface area contributed by atoms with Crippen molar-refractivity contribution in [3.63, 3.8) is 0 Å². The van der Waals surface area contributed by atoms with Gasteiger partial charge in [0.2, 0.25) is 0 Å². The van der Waals surface area contributed by atoms with Gasteiger partial charge in [-0.05, 0) is 55.8 Å². The van der Waals surface area contributed by atoms with E-state index in [2.05, 4.69) is 22.7 Å². The van der Waals surface area contributed by atoms with E-state index < -0.39 is 0 Å². The molecule has 3 rings (SSSR count). The monoisotopic (exact) mass is 378 g/mol. The van der Waals surface area contributed by atoms with E-state index in [4.69, 9.17) is 4.74 Å². The van der Waals surface area contributed by atoms with E-state index in [0.29, 0.717) is 12.1 Å². The van der Waals surface area contributed by atoms with Crippen molar-refractivity contribution in [3.8, 4) is 5.75 Å². The number of anilines is 1. The third-order valence-electron chi connectivity index (χ3n) is 4.83. The zero-order valence-corrected chi connectivity index (χ0v) is 16.7. The number of aromatic nitrogens is 2. The fourth-order valence-corrected chi connectivity index (χ4v) is 3.11. The lowest BCUT2D eigenvalue weighted by Gasteiger charge is -2.09. The molecule has 1 amide bonds. The smallest absolute Gasteiger partial charge is 0.255 e. The second-order valence-electron chi connectivity index (χ2n) is 6.76. The Morgan fingerprint density at radius 2 is 1.86 bits per heavy atom. The maximum Gasteiger partial charge on any atom is 0.255 e. The molecule has 1 heterocycles. The normalized spacial score (nSPS) is 10.7. The van der Waals surface area contributed by atoms with E-state index in [1.165, 1.54) is 11.3 Å². The predicted octanol–water partition coefficient (Wildman–Crippen LogP) is 3.59. The standard InChI is InChI=1S/C22H26N4O2/c1-15-21(16(2)26(3)25-15)14-23-13-17-6-5-7-19(12-17)24-22(27)18-8-10-20(28-4)11-9-18/h5-12,23H,13-14H2,1-4H3,(H,24,27). The summed E-state index contributed by atoms with van der Waals surface area (Å²) in [6.07, 6.45) is 0. The highest BCUT2D eigenvalue weighted by Crippen LogP contribution is 2.16. The van der Waals surface area contributed by atoms with Gasteiger partial charge in [0.15, 0.2) is 0 Å². The molecule has 0 saturated carbocycles. The summed E-state index contributed by atoms with van der Waals surface area (Å²) in [6, 6.07) is 14.9. The first-order chi connectivity index (χ1) is 13.5. The van der Waals surface area contributed by atoms with Crippen molar-refractivity contribution in [2.45, 2.75) is 26.9 Å². The summed E-state index contributed by atoms with van der Waals surface area (Å²) >= 11 is 0. The molecule has 0 unspecified atom stereocenters. The van der Waals surface area contributed by atoms with Crippen molar-refractivity contribution in [1.29, 1.82) is 0 Å². The first kappa shape index (κ1) is 19.6. The van der Waals surface area contributed by atoms with Crippen LogP contribution < -0.4 is 15.4 Å². The van der Waals surface area contributed by atoms with Crippen molar-refractivity contribution < 1.29 is 9.53 Å². The van der Waals surface area contributed by atoms with Gasteiger partial charge in [0.05, 0.1) is 12.8 Å². The Balaban J connectivity index is 1.59. The molecule has 0 bridgehead atoms. The lowest BCUT2D eigenvalue weighted by molar-refractivity contribution is 0.102. The molecular weight excluding hydrogens is 352 g/mol. The molecule has 0 aliphatic heterocycles. The number of aryl methyl sites for hydroxylation is 2. The summed E-state index contributed by atoms with van der Waals surface area (Å²) < 4.78 is 7.03. The highest BCUT2D eigenvalue weighted by molar-refractivity contribution is 6.04. The minimum Gasteiger partial charge on any atom is -0.497 e. The molecule has 6 heteroatoms. The summed E-state index contributed by atoms with van der Waals surface area (Å²) in [4.78, 5) is 12.4. The van der Waals surface area contributed by atoms with Gasteiger partial charge in [0, 0.05) is 42.6 Å². The van der Waals surface area contributed by atoms with Crippen LogP contribution in [0.3, 0.4) is 0 Å². The van der Waals surface area contributed by atoms with Gasteiger partial charge < -0.3 is 15.4 Å². The van der Waals surface area contributed by atoms with Crippen LogP contribution in [-0.4, -0.2) is 22.8 Å². The SMILES string of the molecule is COc1ccc(C(=O)Nc2cccc(CNCc3c(C)nn(C)c3C)c2)cc1. The van der Waals surface area contributed by atoms with Gasteiger partial charge in [-0.2, -0.15) is 5.10 Å². The number of ether oxygens (including phenoxy) is 1. The largest absolute Gasteiger partial charge is 0.497 e. The van der Waals surface area contributed by atoms with Crippen molar-refractivity contribution in [1.82, 2.24) is 15.1 Å². The van der Waals surface area contributed by atoms with Gasteiger partial charge in [0.25, 0.3) is 5.91 Å². The number of methoxy groups -OCH3 is 1. The maximum absolute atomic E-state index is 12.4. The van der Waals surface area contributed by atoms with Gasteiger partial charge in [0.1, 0.15) is 5.75 Å². The molecule has 3 aromatic rings. The van der Waals surface area contributed by atoms with Crippen LogP contribution in [0.2, 0.25) is 0 Å². The van der Waals surface area contributed by atoms with E-state index in [-0.39, 0.29) is 5.91 Å². The lowest BCUT2D eigenvalue weighted by atomic mass is 10.1. The zero-order chi connectivity index (χ0) is 20.1. The van der Waals surface area contributed by atoms with Gasteiger partial charge in [-0.25, -0.2) is 0 Å². The molecule has 0 spiro atoms. The number of hydrogen-bond donors (Lipinski definition) is 2. The number of carbonyl (C=O) groups is 1. The summed E-state index contributed by atoms with van der Waals surface area (Å²) in [5.74, 6) is 0.582. The zero-order valence-electron chi connectivity index (χ0n) is 16.7. The molecule has 2 aromatic carbocycles. The number of nitrogens with zero attached hydrogens (tertiary/aromatic N) is 2. The molecule has 1 aromatic heterocycles. The molecule has 0 saturated heterocycles. The molecule has 0 radical (unpaired) electrons. The lowest BCUT2D eigenvalue weighted by Crippen LogP contribution is -2.15. The number of rotatable bonds is 7. The van der Waals surface area contributed by atoms with Crippen LogP contribution in [0.15, 0.2) is 48.5 Å². The Kier molecular flexibility index (Phi) is 6.11. The Bertz CT molecular complexity index is 961. The van der Waals surface area contributed by atoms with E-state index in [9.17, 15) is 4.79 Å². The van der Waals surface area contributed by atoms with E-state index >= 15 is 0 Å². The number of carbonyl (C=O) groups excluding carboxylic acids is 1.